The third-order valence-electron chi connectivity index (χ3n) is 3.24. The van der Waals surface area contributed by atoms with Crippen LogP contribution in [0.25, 0.3) is 0 Å². The molecule has 1 aromatic carbocycles. The molecule has 0 atom stereocenters. The van der Waals surface area contributed by atoms with E-state index in [1.165, 1.54) is 12.1 Å². The summed E-state index contributed by atoms with van der Waals surface area (Å²) in [6.07, 6.45) is 2.40. The Labute approximate surface area is 134 Å². The van der Waals surface area contributed by atoms with Gasteiger partial charge in [-0.1, -0.05) is 12.1 Å². The van der Waals surface area contributed by atoms with Gasteiger partial charge in [-0.2, -0.15) is 0 Å². The highest BCUT2D eigenvalue weighted by molar-refractivity contribution is 5.92. The molecule has 0 aliphatic carbocycles. The van der Waals surface area contributed by atoms with Crippen LogP contribution in [-0.2, 0) is 11.2 Å². The average Bonchev–Trinajstić information content (AvgIpc) is 2.57. The Morgan fingerprint density at radius 2 is 1.96 bits per heavy atom. The lowest BCUT2D eigenvalue weighted by Gasteiger charge is -2.08. The molecule has 0 saturated heterocycles. The third kappa shape index (κ3) is 5.67. The molecule has 0 radical (unpaired) electrons. The molecule has 122 valence electrons. The molecule has 6 heteroatoms. The molecule has 0 aliphatic heterocycles. The molecule has 0 aliphatic rings. The second-order valence-electron chi connectivity index (χ2n) is 4.98. The summed E-state index contributed by atoms with van der Waals surface area (Å²) in [4.78, 5) is 15.9. The van der Waals surface area contributed by atoms with Gasteiger partial charge < -0.3 is 15.4 Å². The fourth-order valence-corrected chi connectivity index (χ4v) is 1.99. The van der Waals surface area contributed by atoms with Gasteiger partial charge in [-0.25, -0.2) is 9.37 Å². The number of benzene rings is 1. The van der Waals surface area contributed by atoms with Gasteiger partial charge in [-0.3, -0.25) is 4.79 Å². The summed E-state index contributed by atoms with van der Waals surface area (Å²) in [5, 5.41) is 5.93. The molecule has 2 N–H and O–H groups in total. The van der Waals surface area contributed by atoms with E-state index in [2.05, 4.69) is 15.6 Å². The maximum Gasteiger partial charge on any atom is 0.269 e. The van der Waals surface area contributed by atoms with E-state index in [1.807, 2.05) is 6.07 Å². The monoisotopic (exact) mass is 317 g/mol. The van der Waals surface area contributed by atoms with E-state index >= 15 is 0 Å². The molecule has 1 aromatic heterocycles. The van der Waals surface area contributed by atoms with E-state index in [9.17, 15) is 9.18 Å². The van der Waals surface area contributed by atoms with Crippen LogP contribution in [0, 0.1) is 5.82 Å². The highest BCUT2D eigenvalue weighted by Crippen LogP contribution is 2.08. The first kappa shape index (κ1) is 16.9. The second kappa shape index (κ2) is 8.85. The fourth-order valence-electron chi connectivity index (χ4n) is 1.99. The average molecular weight is 317 g/mol. The SMILES string of the molecule is COCCNC(=O)c1ccc(NCCc2ccc(F)cc2)cn1. The van der Waals surface area contributed by atoms with Crippen molar-refractivity contribution in [3.05, 3.63) is 59.7 Å². The van der Waals surface area contributed by atoms with Crippen molar-refractivity contribution in [3.8, 4) is 0 Å². The van der Waals surface area contributed by atoms with Gasteiger partial charge in [-0.15, -0.1) is 0 Å². The van der Waals surface area contributed by atoms with Crippen molar-refractivity contribution in [1.82, 2.24) is 10.3 Å². The first-order valence-corrected chi connectivity index (χ1v) is 7.40. The summed E-state index contributed by atoms with van der Waals surface area (Å²) in [6.45, 7) is 1.62. The van der Waals surface area contributed by atoms with Gasteiger partial charge in [0.05, 0.1) is 18.5 Å². The summed E-state index contributed by atoms with van der Waals surface area (Å²) < 4.78 is 17.7. The van der Waals surface area contributed by atoms with Crippen LogP contribution in [0.15, 0.2) is 42.6 Å². The molecule has 2 aromatic rings. The van der Waals surface area contributed by atoms with E-state index in [-0.39, 0.29) is 11.7 Å². The summed E-state index contributed by atoms with van der Waals surface area (Å²) in [7, 11) is 1.58. The normalized spacial score (nSPS) is 10.3. The summed E-state index contributed by atoms with van der Waals surface area (Å²) in [6, 6.07) is 9.92. The first-order valence-electron chi connectivity index (χ1n) is 7.40. The Kier molecular flexibility index (Phi) is 6.50. The Balaban J connectivity index is 1.78. The van der Waals surface area contributed by atoms with E-state index in [0.717, 1.165) is 17.7 Å². The number of nitrogens with one attached hydrogen (secondary N) is 2. The highest BCUT2D eigenvalue weighted by Gasteiger charge is 2.06. The third-order valence-corrected chi connectivity index (χ3v) is 3.24. The molecule has 0 fully saturated rings. The number of halogens is 1. The van der Waals surface area contributed by atoms with Crippen molar-refractivity contribution in [2.45, 2.75) is 6.42 Å². The van der Waals surface area contributed by atoms with Crippen LogP contribution < -0.4 is 10.6 Å². The van der Waals surface area contributed by atoms with Crippen molar-refractivity contribution in [2.75, 3.05) is 32.1 Å². The number of nitrogens with zero attached hydrogens (tertiary/aromatic N) is 1. The predicted octanol–water partition coefficient (Wildman–Crippen LogP) is 2.25. The van der Waals surface area contributed by atoms with Gasteiger partial charge in [0, 0.05) is 20.2 Å². The number of carbonyl (C=O) groups is 1. The molecular weight excluding hydrogens is 297 g/mol. The van der Waals surface area contributed by atoms with Crippen LogP contribution in [0.1, 0.15) is 16.1 Å². The van der Waals surface area contributed by atoms with E-state index in [4.69, 9.17) is 4.74 Å². The Morgan fingerprint density at radius 3 is 2.61 bits per heavy atom. The molecule has 0 unspecified atom stereocenters. The minimum absolute atomic E-state index is 0.222. The zero-order valence-corrected chi connectivity index (χ0v) is 13.0. The Hall–Kier alpha value is -2.47. The number of carbonyl (C=O) groups excluding carboxylic acids is 1. The van der Waals surface area contributed by atoms with Gasteiger partial charge in [-0.05, 0) is 36.2 Å². The van der Waals surface area contributed by atoms with Gasteiger partial charge in [0.1, 0.15) is 11.5 Å². The largest absolute Gasteiger partial charge is 0.383 e. The maximum absolute atomic E-state index is 12.8. The molecule has 0 bridgehead atoms. The van der Waals surface area contributed by atoms with E-state index < -0.39 is 0 Å². The van der Waals surface area contributed by atoms with E-state index in [0.29, 0.717) is 25.4 Å². The lowest BCUT2D eigenvalue weighted by Crippen LogP contribution is -2.27. The molecule has 1 amide bonds. The van der Waals surface area contributed by atoms with Crippen LogP contribution in [-0.4, -0.2) is 37.7 Å². The zero-order valence-electron chi connectivity index (χ0n) is 13.0. The number of methoxy groups -OCH3 is 1. The van der Waals surface area contributed by atoms with Crippen molar-refractivity contribution in [1.29, 1.82) is 0 Å². The first-order chi connectivity index (χ1) is 11.2. The van der Waals surface area contributed by atoms with Crippen molar-refractivity contribution < 1.29 is 13.9 Å². The molecule has 2 rings (SSSR count). The number of aromatic nitrogens is 1. The van der Waals surface area contributed by atoms with Gasteiger partial charge in [0.25, 0.3) is 5.91 Å². The van der Waals surface area contributed by atoms with Crippen molar-refractivity contribution in [3.63, 3.8) is 0 Å². The number of pyridine rings is 1. The van der Waals surface area contributed by atoms with Gasteiger partial charge >= 0.3 is 0 Å². The summed E-state index contributed by atoms with van der Waals surface area (Å²) in [5.74, 6) is -0.454. The highest BCUT2D eigenvalue weighted by atomic mass is 19.1. The standard InChI is InChI=1S/C17H20FN3O2/c1-23-11-10-20-17(22)16-7-6-15(12-21-16)19-9-8-13-2-4-14(18)5-3-13/h2-7,12,19H,8-11H2,1H3,(H,20,22). The van der Waals surface area contributed by atoms with Crippen LogP contribution in [0.5, 0.6) is 0 Å². The molecule has 0 spiro atoms. The minimum atomic E-state index is -0.231. The molecule has 1 heterocycles. The van der Waals surface area contributed by atoms with E-state index in [1.54, 1.807) is 31.5 Å². The summed E-state index contributed by atoms with van der Waals surface area (Å²) in [5.41, 5.74) is 2.26. The quantitative estimate of drug-likeness (QED) is 0.733. The van der Waals surface area contributed by atoms with Crippen LogP contribution >= 0.6 is 0 Å². The maximum atomic E-state index is 12.8. The molecule has 23 heavy (non-hydrogen) atoms. The second-order valence-corrected chi connectivity index (χ2v) is 4.98. The molecule has 0 saturated carbocycles. The fraction of sp³-hybridized carbons (Fsp3) is 0.294. The minimum Gasteiger partial charge on any atom is -0.383 e. The van der Waals surface area contributed by atoms with Crippen LogP contribution in [0.4, 0.5) is 10.1 Å². The number of hydrogen-bond acceptors (Lipinski definition) is 4. The smallest absolute Gasteiger partial charge is 0.269 e. The number of ether oxygens (including phenoxy) is 1. The Morgan fingerprint density at radius 1 is 1.17 bits per heavy atom. The zero-order chi connectivity index (χ0) is 16.5. The predicted molar refractivity (Wildman–Crippen MR) is 87.0 cm³/mol. The van der Waals surface area contributed by atoms with Gasteiger partial charge in [0.15, 0.2) is 0 Å². The van der Waals surface area contributed by atoms with Gasteiger partial charge in [0.2, 0.25) is 0 Å². The van der Waals surface area contributed by atoms with Crippen LogP contribution in [0.3, 0.4) is 0 Å². The number of rotatable bonds is 8. The number of amides is 1. The van der Waals surface area contributed by atoms with Crippen LogP contribution in [0.2, 0.25) is 0 Å². The van der Waals surface area contributed by atoms with Crippen molar-refractivity contribution in [2.24, 2.45) is 0 Å². The molecule has 5 nitrogen and oxygen atoms in total. The topological polar surface area (TPSA) is 63.2 Å². The number of hydrogen-bond donors (Lipinski definition) is 2. The lowest BCUT2D eigenvalue weighted by atomic mass is 10.1. The molecular formula is C17H20FN3O2. The lowest BCUT2D eigenvalue weighted by molar-refractivity contribution is 0.0932. The van der Waals surface area contributed by atoms with Crippen molar-refractivity contribution >= 4 is 11.6 Å². The summed E-state index contributed by atoms with van der Waals surface area (Å²) >= 11 is 0. The Bertz CT molecular complexity index is 615. The number of anilines is 1.